The summed E-state index contributed by atoms with van der Waals surface area (Å²) in [6.45, 7) is 12.3. The van der Waals surface area contributed by atoms with Gasteiger partial charge in [0.1, 0.15) is 24.4 Å². The third-order valence-electron chi connectivity index (χ3n) is 7.64. The van der Waals surface area contributed by atoms with Gasteiger partial charge in [-0.15, -0.1) is 0 Å². The summed E-state index contributed by atoms with van der Waals surface area (Å²) in [6.07, 6.45) is 1.71. The molecule has 0 spiro atoms. The average Bonchev–Trinajstić information content (AvgIpc) is 3.51. The van der Waals surface area contributed by atoms with Gasteiger partial charge < -0.3 is 19.7 Å². The number of ketones is 2. The van der Waals surface area contributed by atoms with Crippen molar-refractivity contribution in [2.24, 2.45) is 34.0 Å². The van der Waals surface area contributed by atoms with Gasteiger partial charge in [-0.2, -0.15) is 0 Å². The molecule has 0 aromatic heterocycles. The number of carbonyl (C=O) groups is 2. The lowest BCUT2D eigenvalue weighted by atomic mass is 9.45. The summed E-state index contributed by atoms with van der Waals surface area (Å²) in [7, 11) is 0. The van der Waals surface area contributed by atoms with E-state index in [0.29, 0.717) is 5.57 Å². The SMILES string of the molecule is CC(C)(C)/C=C/[C@]12C(=O)[C@H]3O[C@H]3[C@H](O)[C@H]1[C@H]1C(=C[C@@H]2C(C)(C)C)C(=O)[C@H]2O[C@H]2[C@@H]1O. The van der Waals surface area contributed by atoms with E-state index in [1.54, 1.807) is 0 Å². The van der Waals surface area contributed by atoms with Crippen LogP contribution in [-0.4, -0.2) is 58.4 Å². The van der Waals surface area contributed by atoms with Gasteiger partial charge in [-0.1, -0.05) is 59.8 Å². The van der Waals surface area contributed by atoms with E-state index in [4.69, 9.17) is 9.47 Å². The van der Waals surface area contributed by atoms with Crippen LogP contribution in [0.25, 0.3) is 0 Å². The summed E-state index contributed by atoms with van der Waals surface area (Å²) in [5.41, 5.74) is -1.08. The van der Waals surface area contributed by atoms with Gasteiger partial charge in [0.15, 0.2) is 11.6 Å². The number of epoxide rings is 2. The second kappa shape index (κ2) is 5.91. The first kappa shape index (κ1) is 20.6. The normalized spacial score (nSPS) is 49.7. The molecule has 30 heavy (non-hydrogen) atoms. The summed E-state index contributed by atoms with van der Waals surface area (Å²) < 4.78 is 11.1. The Hall–Kier alpha value is -1.34. The third kappa shape index (κ3) is 2.63. The zero-order chi connectivity index (χ0) is 22.0. The van der Waals surface area contributed by atoms with Crippen LogP contribution in [0.1, 0.15) is 41.5 Å². The van der Waals surface area contributed by atoms with Crippen molar-refractivity contribution in [2.75, 3.05) is 0 Å². The number of hydrogen-bond donors (Lipinski definition) is 2. The molecule has 0 amide bonds. The average molecular weight is 417 g/mol. The van der Waals surface area contributed by atoms with Crippen molar-refractivity contribution >= 4 is 11.6 Å². The van der Waals surface area contributed by atoms with E-state index >= 15 is 0 Å². The van der Waals surface area contributed by atoms with Crippen molar-refractivity contribution in [1.29, 1.82) is 0 Å². The Morgan fingerprint density at radius 3 is 2.17 bits per heavy atom. The van der Waals surface area contributed by atoms with Crippen LogP contribution < -0.4 is 0 Å². The third-order valence-corrected chi connectivity index (χ3v) is 7.64. The van der Waals surface area contributed by atoms with Gasteiger partial charge in [0.2, 0.25) is 0 Å². The summed E-state index contributed by atoms with van der Waals surface area (Å²) in [5, 5.41) is 22.5. The molecule has 0 aromatic carbocycles. The van der Waals surface area contributed by atoms with Crippen molar-refractivity contribution in [3.05, 3.63) is 23.8 Å². The van der Waals surface area contributed by atoms with Crippen LogP contribution in [0.4, 0.5) is 0 Å². The van der Waals surface area contributed by atoms with Crippen LogP contribution in [0.5, 0.6) is 0 Å². The molecular formula is C24H32O6. The van der Waals surface area contributed by atoms with Gasteiger partial charge in [-0.25, -0.2) is 0 Å². The topological polar surface area (TPSA) is 99.7 Å². The molecule has 0 bridgehead atoms. The highest BCUT2D eigenvalue weighted by molar-refractivity contribution is 6.04. The van der Waals surface area contributed by atoms with Crippen LogP contribution in [0, 0.1) is 34.0 Å². The monoisotopic (exact) mass is 416 g/mol. The van der Waals surface area contributed by atoms with E-state index in [1.165, 1.54) is 0 Å². The predicted molar refractivity (Wildman–Crippen MR) is 108 cm³/mol. The van der Waals surface area contributed by atoms with Crippen LogP contribution >= 0.6 is 0 Å². The lowest BCUT2D eigenvalue weighted by Crippen LogP contribution is -2.65. The van der Waals surface area contributed by atoms with Crippen molar-refractivity contribution in [3.63, 3.8) is 0 Å². The van der Waals surface area contributed by atoms with E-state index in [9.17, 15) is 19.8 Å². The van der Waals surface area contributed by atoms with Gasteiger partial charge in [0.25, 0.3) is 0 Å². The Bertz CT molecular complexity index is 873. The summed E-state index contributed by atoms with van der Waals surface area (Å²) in [4.78, 5) is 27.0. The lowest BCUT2D eigenvalue weighted by Gasteiger charge is -2.57. The van der Waals surface area contributed by atoms with E-state index in [-0.39, 0.29) is 28.3 Å². The molecule has 5 rings (SSSR count). The second-order valence-electron chi connectivity index (χ2n) is 11.9. The van der Waals surface area contributed by atoms with Crippen LogP contribution in [0.3, 0.4) is 0 Å². The maximum absolute atomic E-state index is 13.9. The summed E-state index contributed by atoms with van der Waals surface area (Å²) >= 11 is 0. The first-order valence-electron chi connectivity index (χ1n) is 11.0. The quantitative estimate of drug-likeness (QED) is 0.500. The Morgan fingerprint density at radius 2 is 1.57 bits per heavy atom. The molecule has 2 heterocycles. The van der Waals surface area contributed by atoms with Gasteiger partial charge in [0, 0.05) is 17.4 Å². The predicted octanol–water partition coefficient (Wildman–Crippen LogP) is 1.83. The molecule has 4 fully saturated rings. The molecule has 5 aliphatic rings. The Kier molecular flexibility index (Phi) is 4.05. The minimum Gasteiger partial charge on any atom is -0.390 e. The molecule has 6 nitrogen and oxygen atoms in total. The number of hydrogen-bond acceptors (Lipinski definition) is 6. The fourth-order valence-corrected chi connectivity index (χ4v) is 6.24. The molecule has 10 atom stereocenters. The maximum atomic E-state index is 13.9. The zero-order valence-corrected chi connectivity index (χ0v) is 18.5. The van der Waals surface area contributed by atoms with Crippen molar-refractivity contribution in [2.45, 2.75) is 78.2 Å². The Labute approximate surface area is 177 Å². The van der Waals surface area contributed by atoms with Gasteiger partial charge in [0.05, 0.1) is 17.6 Å². The highest BCUT2D eigenvalue weighted by atomic mass is 16.6. The number of Topliss-reactive ketones (excluding diaryl/α,β-unsaturated/α-hetero) is 2. The summed E-state index contributed by atoms with van der Waals surface area (Å²) in [6, 6.07) is 0. The highest BCUT2D eigenvalue weighted by Crippen LogP contribution is 2.64. The molecule has 164 valence electrons. The van der Waals surface area contributed by atoms with Gasteiger partial charge >= 0.3 is 0 Å². The smallest absolute Gasteiger partial charge is 0.190 e. The molecule has 0 unspecified atom stereocenters. The lowest BCUT2D eigenvalue weighted by molar-refractivity contribution is -0.151. The fourth-order valence-electron chi connectivity index (χ4n) is 6.24. The molecule has 3 aliphatic carbocycles. The minimum absolute atomic E-state index is 0.0444. The number of aliphatic hydroxyl groups excluding tert-OH is 2. The molecule has 2 aliphatic heterocycles. The molecule has 2 N–H and O–H groups in total. The Balaban J connectivity index is 1.77. The van der Waals surface area contributed by atoms with Crippen LogP contribution in [-0.2, 0) is 19.1 Å². The summed E-state index contributed by atoms with van der Waals surface area (Å²) in [5.74, 6) is -1.76. The van der Waals surface area contributed by atoms with Crippen LogP contribution in [0.2, 0.25) is 0 Å². The first-order chi connectivity index (χ1) is 13.8. The molecule has 2 saturated heterocycles. The van der Waals surface area contributed by atoms with Gasteiger partial charge in [-0.05, 0) is 16.7 Å². The molecule has 2 saturated carbocycles. The standard InChI is InChI=1S/C24H32O6/c1-22(2,3)7-8-24-11(23(4,5)6)9-10-12(15(26)18-17(29-18)14(10)25)13(24)16(27)19-20(30-19)21(24)28/h7-9,11-13,15-20,26-27H,1-6H3/b8-7+/t11-,12-,13-,15-,16-,17-,18+,19+,20+,24-/m1/s1. The van der Waals surface area contributed by atoms with E-state index in [2.05, 4.69) is 41.5 Å². The van der Waals surface area contributed by atoms with Gasteiger partial charge in [-0.3, -0.25) is 9.59 Å². The zero-order valence-electron chi connectivity index (χ0n) is 18.5. The van der Waals surface area contributed by atoms with Crippen molar-refractivity contribution in [1.82, 2.24) is 0 Å². The molecule has 0 aromatic rings. The van der Waals surface area contributed by atoms with E-state index in [0.717, 1.165) is 0 Å². The number of allylic oxidation sites excluding steroid dienone is 3. The maximum Gasteiger partial charge on any atom is 0.190 e. The second-order valence-corrected chi connectivity index (χ2v) is 11.9. The fraction of sp³-hybridized carbons (Fsp3) is 0.750. The first-order valence-corrected chi connectivity index (χ1v) is 11.0. The minimum atomic E-state index is -1.06. The molecular weight excluding hydrogens is 384 g/mol. The van der Waals surface area contributed by atoms with Crippen molar-refractivity contribution in [3.8, 4) is 0 Å². The Morgan fingerprint density at radius 1 is 0.967 bits per heavy atom. The van der Waals surface area contributed by atoms with E-state index in [1.807, 2.05) is 18.2 Å². The number of rotatable bonds is 1. The number of fused-ring (bicyclic) bond motifs is 5. The van der Waals surface area contributed by atoms with E-state index < -0.39 is 53.9 Å². The molecule has 6 heteroatoms. The number of ether oxygens (including phenoxy) is 2. The highest BCUT2D eigenvalue weighted by Gasteiger charge is 2.74. The number of carbonyl (C=O) groups excluding carboxylic acids is 2. The number of aliphatic hydroxyl groups is 2. The molecule has 0 radical (unpaired) electrons. The van der Waals surface area contributed by atoms with Crippen LogP contribution in [0.15, 0.2) is 23.8 Å². The van der Waals surface area contributed by atoms with Crippen molar-refractivity contribution < 1.29 is 29.3 Å². The largest absolute Gasteiger partial charge is 0.390 e.